The van der Waals surface area contributed by atoms with E-state index in [1.54, 1.807) is 76.5 Å². The number of aromatic nitrogens is 6. The van der Waals surface area contributed by atoms with Gasteiger partial charge in [0.15, 0.2) is 34.3 Å². The van der Waals surface area contributed by atoms with Crippen molar-refractivity contribution in [2.45, 2.75) is 46.0 Å². The number of fused-ring (bicyclic) bond motifs is 3. The largest absolute Gasteiger partial charge is 0.502 e. The fourth-order valence-corrected chi connectivity index (χ4v) is 10.9. The Bertz CT molecular complexity index is 4420. The first kappa shape index (κ1) is 62.1. The molecule has 0 aliphatic carbocycles. The van der Waals surface area contributed by atoms with Gasteiger partial charge in [-0.05, 0) is 73.2 Å². The minimum absolute atomic E-state index is 0.100. The summed E-state index contributed by atoms with van der Waals surface area (Å²) in [5.41, 5.74) is 5.72. The lowest BCUT2D eigenvalue weighted by atomic mass is 9.94. The van der Waals surface area contributed by atoms with Crippen molar-refractivity contribution in [2.24, 2.45) is 0 Å². The summed E-state index contributed by atoms with van der Waals surface area (Å²) in [6, 6.07) is 52.3. The van der Waals surface area contributed by atoms with Gasteiger partial charge in [0.1, 0.15) is 6.04 Å². The van der Waals surface area contributed by atoms with Gasteiger partial charge in [-0.25, -0.2) is 14.0 Å². The Balaban J connectivity index is 0.000000149. The first-order valence-corrected chi connectivity index (χ1v) is 28.7. The number of aromatic hydroxyl groups is 3. The number of nitrogens with zero attached hydrogens (tertiary/aromatic N) is 9. The van der Waals surface area contributed by atoms with Crippen molar-refractivity contribution in [3.05, 3.63) is 281 Å². The molecule has 3 aliphatic rings. The number of alkyl halides is 3. The van der Waals surface area contributed by atoms with E-state index in [0.29, 0.717) is 45.4 Å². The number of halogens is 4. The molecule has 3 aromatic heterocycles. The van der Waals surface area contributed by atoms with Crippen molar-refractivity contribution < 1.29 is 42.9 Å². The lowest BCUT2D eigenvalue weighted by Crippen LogP contribution is -2.51. The zero-order valence-corrected chi connectivity index (χ0v) is 49.5. The van der Waals surface area contributed by atoms with Crippen molar-refractivity contribution in [3.8, 4) is 17.2 Å². The van der Waals surface area contributed by atoms with Crippen LogP contribution in [0.4, 0.5) is 13.2 Å². The minimum atomic E-state index is -4.71. The molecular formula is C68H57ClF3N9O9. The van der Waals surface area contributed by atoms with Gasteiger partial charge in [-0.3, -0.25) is 28.8 Å². The summed E-state index contributed by atoms with van der Waals surface area (Å²) in [5.74, 6) is -4.08. The van der Waals surface area contributed by atoms with E-state index in [9.17, 15) is 57.3 Å². The van der Waals surface area contributed by atoms with Crippen molar-refractivity contribution >= 4 is 63.1 Å². The maximum atomic E-state index is 13.6. The van der Waals surface area contributed by atoms with Gasteiger partial charge in [0, 0.05) is 34.3 Å². The predicted octanol–water partition coefficient (Wildman–Crippen LogP) is 10.5. The maximum Gasteiger partial charge on any atom is 0.408 e. The Morgan fingerprint density at radius 3 is 1.10 bits per heavy atom. The summed E-state index contributed by atoms with van der Waals surface area (Å²) in [6.45, 7) is 7.08. The van der Waals surface area contributed by atoms with Crippen LogP contribution in [0.1, 0.15) is 92.5 Å². The van der Waals surface area contributed by atoms with Gasteiger partial charge in [-0.1, -0.05) is 175 Å². The molecule has 456 valence electrons. The Labute approximate surface area is 517 Å². The minimum Gasteiger partial charge on any atom is -0.502 e. The van der Waals surface area contributed by atoms with E-state index in [0.717, 1.165) is 69.3 Å². The van der Waals surface area contributed by atoms with Gasteiger partial charge in [0.25, 0.3) is 17.7 Å². The molecule has 1 unspecified atom stereocenters. The average molecular weight is 1240 g/mol. The molecule has 18 nitrogen and oxygen atoms in total. The zero-order valence-electron chi connectivity index (χ0n) is 48.8. The van der Waals surface area contributed by atoms with Crippen molar-refractivity contribution in [1.29, 1.82) is 0 Å². The monoisotopic (exact) mass is 1240 g/mol. The molecule has 0 bridgehead atoms. The van der Waals surface area contributed by atoms with Crippen LogP contribution < -0.4 is 16.3 Å². The Morgan fingerprint density at radius 1 is 0.456 bits per heavy atom. The normalized spacial score (nSPS) is 14.5. The van der Waals surface area contributed by atoms with Gasteiger partial charge in [-0.15, -0.1) is 0 Å². The molecular weight excluding hydrogens is 1180 g/mol. The molecule has 12 rings (SSSR count). The van der Waals surface area contributed by atoms with Gasteiger partial charge in [-0.2, -0.15) is 28.5 Å². The van der Waals surface area contributed by atoms with Crippen molar-refractivity contribution in [3.63, 3.8) is 0 Å². The first-order valence-electron chi connectivity index (χ1n) is 28.3. The SMILES string of the molecule is CC(C)N1CC(=C(c2ccccc2)c2ccccc2)n2ncc(=O)c(O)c2C1=O.CC(N1CC(=C(c2ccccc2)c2ccccc2)n2ncc(=O)c(O)c2C1=O)C(F)(F)F.CCN1C/C(=C(/c2ccccc2)c2cccc(Cl)c2)n2ncc(=O)c(O)c2C1=O. The Kier molecular flexibility index (Phi) is 18.1. The first-order chi connectivity index (χ1) is 43.2. The molecule has 6 heterocycles. The van der Waals surface area contributed by atoms with Gasteiger partial charge in [0.2, 0.25) is 16.3 Å². The summed E-state index contributed by atoms with van der Waals surface area (Å²) in [4.78, 5) is 78.6. The van der Waals surface area contributed by atoms with Gasteiger partial charge < -0.3 is 30.0 Å². The summed E-state index contributed by atoms with van der Waals surface area (Å²) in [7, 11) is 0. The third-order valence-corrected chi connectivity index (χ3v) is 15.5. The van der Waals surface area contributed by atoms with Crippen LogP contribution in [-0.4, -0.2) is 122 Å². The topological polar surface area (TPSA) is 226 Å². The van der Waals surface area contributed by atoms with E-state index >= 15 is 0 Å². The van der Waals surface area contributed by atoms with Crippen LogP contribution in [0, 0.1) is 0 Å². The molecule has 0 saturated heterocycles. The quantitative estimate of drug-likeness (QED) is 0.123. The van der Waals surface area contributed by atoms with Crippen LogP contribution in [0.3, 0.4) is 0 Å². The van der Waals surface area contributed by atoms with Crippen LogP contribution in [0.2, 0.25) is 5.02 Å². The second-order valence-corrected chi connectivity index (χ2v) is 21.6. The third-order valence-electron chi connectivity index (χ3n) is 15.3. The highest BCUT2D eigenvalue weighted by Crippen LogP contribution is 2.39. The standard InChI is InChI=1S/C23H18F3N3O3.C23H21N3O3.C22H18ClN3O3/c1-14(23(24,25)26)28-13-17(29-20(22(28)32)21(31)18(30)12-27-29)19(15-8-4-2-5-9-15)16-10-6-3-7-11-16;1-15(2)25-14-18(26-21(23(25)29)22(28)19(27)13-24-26)20(16-9-5-3-6-10-16)17-11-7-4-8-12-17;1-2-25-13-17(26-20(22(25)29)21(28)18(27)12-24-26)19(14-7-4-3-5-8-14)15-9-6-10-16(23)11-15/h2-12,14,31H,13H2,1H3;3-13,15,28H,14H2,1-2H3;3-12,28H,2,13H2,1H3/b;;19-17+. The Hall–Kier alpha value is -10.9. The predicted molar refractivity (Wildman–Crippen MR) is 335 cm³/mol. The fourth-order valence-electron chi connectivity index (χ4n) is 10.8. The molecule has 9 aromatic rings. The van der Waals surface area contributed by atoms with Crippen LogP contribution in [0.25, 0.3) is 33.8 Å². The lowest BCUT2D eigenvalue weighted by Gasteiger charge is -2.37. The van der Waals surface area contributed by atoms with E-state index in [1.165, 1.54) is 9.36 Å². The Morgan fingerprint density at radius 2 is 0.767 bits per heavy atom. The molecule has 0 spiro atoms. The summed E-state index contributed by atoms with van der Waals surface area (Å²) in [5, 5.41) is 44.1. The molecule has 22 heteroatoms. The highest BCUT2D eigenvalue weighted by Gasteiger charge is 2.46. The third kappa shape index (κ3) is 12.3. The number of likely N-dealkylation sites (N-methyl/N-ethyl adjacent to an activating group) is 1. The molecule has 3 aliphatic heterocycles. The van der Waals surface area contributed by atoms with Crippen LogP contribution in [-0.2, 0) is 0 Å². The fraction of sp³-hybridized carbons (Fsp3) is 0.162. The molecule has 0 fully saturated rings. The van der Waals surface area contributed by atoms with Crippen molar-refractivity contribution in [2.75, 3.05) is 26.2 Å². The van der Waals surface area contributed by atoms with Crippen LogP contribution in [0.15, 0.2) is 209 Å². The molecule has 0 saturated carbocycles. The number of rotatable bonds is 9. The summed E-state index contributed by atoms with van der Waals surface area (Å²) < 4.78 is 44.6. The van der Waals surface area contributed by atoms with E-state index in [4.69, 9.17) is 11.6 Å². The zero-order chi connectivity index (χ0) is 64.1. The molecule has 0 radical (unpaired) electrons. The van der Waals surface area contributed by atoms with Crippen LogP contribution >= 0.6 is 11.6 Å². The number of amides is 3. The smallest absolute Gasteiger partial charge is 0.408 e. The van der Waals surface area contributed by atoms with E-state index in [1.807, 2.05) is 130 Å². The maximum absolute atomic E-state index is 13.6. The molecule has 3 N–H and O–H groups in total. The summed E-state index contributed by atoms with van der Waals surface area (Å²) in [6.07, 6.45) is -1.80. The molecule has 1 atom stereocenters. The number of carbonyl (C=O) groups excluding carboxylic acids is 3. The van der Waals surface area contributed by atoms with E-state index in [-0.39, 0.29) is 29.7 Å². The number of hydrogen-bond acceptors (Lipinski definition) is 12. The molecule has 3 amide bonds. The number of carbonyl (C=O) groups is 3. The lowest BCUT2D eigenvalue weighted by molar-refractivity contribution is -0.171. The number of hydrogen-bond donors (Lipinski definition) is 3. The van der Waals surface area contributed by atoms with Gasteiger partial charge in [0.05, 0.1) is 55.3 Å². The number of benzene rings is 6. The van der Waals surface area contributed by atoms with Gasteiger partial charge >= 0.3 is 6.18 Å². The highest BCUT2D eigenvalue weighted by atomic mass is 35.5. The second-order valence-electron chi connectivity index (χ2n) is 21.2. The molecule has 6 aromatic carbocycles. The van der Waals surface area contributed by atoms with Crippen LogP contribution in [0.5, 0.6) is 17.2 Å². The van der Waals surface area contributed by atoms with Crippen molar-refractivity contribution in [1.82, 2.24) is 44.0 Å². The molecule has 90 heavy (non-hydrogen) atoms. The van der Waals surface area contributed by atoms with E-state index in [2.05, 4.69) is 15.3 Å². The highest BCUT2D eigenvalue weighted by molar-refractivity contribution is 6.30. The van der Waals surface area contributed by atoms with E-state index < -0.39 is 75.7 Å². The average Bonchev–Trinajstić information content (AvgIpc) is 0.794. The second kappa shape index (κ2) is 26.2. The summed E-state index contributed by atoms with van der Waals surface area (Å²) >= 11 is 6.25.